The van der Waals surface area contributed by atoms with Crippen LogP contribution < -0.4 is 0 Å². The van der Waals surface area contributed by atoms with Crippen molar-refractivity contribution in [1.82, 2.24) is 4.90 Å². The Bertz CT molecular complexity index is 418. The average molecular weight is 258 g/mol. The molecule has 1 fully saturated rings. The minimum atomic E-state index is -0.351. The Hall–Kier alpha value is -1.13. The smallest absolute Gasteiger partial charge is 0.323 e. The summed E-state index contributed by atoms with van der Waals surface area (Å²) in [5.74, 6) is -0.601. The van der Waals surface area contributed by atoms with Crippen LogP contribution in [0.2, 0.25) is 5.02 Å². The number of carbonyl (C=O) groups is 1. The number of likely N-dealkylation sites (N-methyl/N-ethyl adjacent to an activating group) is 1. The van der Waals surface area contributed by atoms with Crippen molar-refractivity contribution in [3.63, 3.8) is 0 Å². The molecule has 0 saturated carbocycles. The summed E-state index contributed by atoms with van der Waals surface area (Å²) in [7, 11) is 1.76. The van der Waals surface area contributed by atoms with E-state index in [-0.39, 0.29) is 17.8 Å². The molecule has 0 amide bonds. The van der Waals surface area contributed by atoms with Crippen LogP contribution in [0.5, 0.6) is 0 Å². The molecule has 1 aliphatic heterocycles. The lowest BCUT2D eigenvalue weighted by Crippen LogP contribution is -2.35. The SMILES string of the molecule is CN(Cc1c(F)cccc1Cl)[C@@H]1CCOC1=O. The van der Waals surface area contributed by atoms with Crippen molar-refractivity contribution >= 4 is 17.6 Å². The van der Waals surface area contributed by atoms with Crippen LogP contribution in [0.1, 0.15) is 12.0 Å². The van der Waals surface area contributed by atoms with Gasteiger partial charge in [-0.2, -0.15) is 0 Å². The van der Waals surface area contributed by atoms with Crippen molar-refractivity contribution < 1.29 is 13.9 Å². The average Bonchev–Trinajstić information content (AvgIpc) is 2.70. The topological polar surface area (TPSA) is 29.5 Å². The molecule has 2 rings (SSSR count). The predicted molar refractivity (Wildman–Crippen MR) is 62.2 cm³/mol. The maximum Gasteiger partial charge on any atom is 0.323 e. The number of ether oxygens (including phenoxy) is 1. The summed E-state index contributed by atoms with van der Waals surface area (Å²) in [5, 5.41) is 0.378. The van der Waals surface area contributed by atoms with Gasteiger partial charge in [-0.3, -0.25) is 9.69 Å². The van der Waals surface area contributed by atoms with E-state index >= 15 is 0 Å². The molecule has 92 valence electrons. The molecular weight excluding hydrogens is 245 g/mol. The van der Waals surface area contributed by atoms with Crippen molar-refractivity contribution in [2.24, 2.45) is 0 Å². The second-order valence-electron chi connectivity index (χ2n) is 4.09. The van der Waals surface area contributed by atoms with Gasteiger partial charge in [-0.15, -0.1) is 0 Å². The molecule has 1 heterocycles. The van der Waals surface area contributed by atoms with Crippen LogP contribution in [0, 0.1) is 5.82 Å². The van der Waals surface area contributed by atoms with Crippen molar-refractivity contribution in [3.8, 4) is 0 Å². The second kappa shape index (κ2) is 5.02. The third-order valence-electron chi connectivity index (χ3n) is 2.91. The van der Waals surface area contributed by atoms with E-state index in [9.17, 15) is 9.18 Å². The Kier molecular flexibility index (Phi) is 3.64. The van der Waals surface area contributed by atoms with E-state index in [1.807, 2.05) is 0 Å². The minimum absolute atomic E-state index is 0.250. The van der Waals surface area contributed by atoms with Gasteiger partial charge in [0.1, 0.15) is 11.9 Å². The highest BCUT2D eigenvalue weighted by atomic mass is 35.5. The highest BCUT2D eigenvalue weighted by Gasteiger charge is 2.30. The summed E-state index contributed by atoms with van der Waals surface area (Å²) in [5.41, 5.74) is 0.413. The van der Waals surface area contributed by atoms with Crippen LogP contribution in [0.15, 0.2) is 18.2 Å². The molecule has 1 aromatic rings. The van der Waals surface area contributed by atoms with Crippen molar-refractivity contribution in [2.45, 2.75) is 19.0 Å². The standard InChI is InChI=1S/C12H13ClFNO2/c1-15(11-5-6-17-12(11)16)7-8-9(13)3-2-4-10(8)14/h2-4,11H,5-7H2,1H3/t11-/m1/s1. The number of benzene rings is 1. The number of nitrogens with zero attached hydrogens (tertiary/aromatic N) is 1. The van der Waals surface area contributed by atoms with E-state index in [0.29, 0.717) is 30.2 Å². The molecular formula is C12H13ClFNO2. The van der Waals surface area contributed by atoms with Crippen LogP contribution in [0.4, 0.5) is 4.39 Å². The van der Waals surface area contributed by atoms with E-state index in [1.54, 1.807) is 24.1 Å². The summed E-state index contributed by atoms with van der Waals surface area (Å²) < 4.78 is 18.4. The molecule has 0 aromatic heterocycles. The van der Waals surface area contributed by atoms with Crippen LogP contribution in [-0.4, -0.2) is 30.6 Å². The van der Waals surface area contributed by atoms with Gasteiger partial charge in [-0.1, -0.05) is 17.7 Å². The first kappa shape index (κ1) is 12.3. The van der Waals surface area contributed by atoms with Crippen LogP contribution >= 0.6 is 11.6 Å². The molecule has 5 heteroatoms. The molecule has 1 aliphatic rings. The zero-order chi connectivity index (χ0) is 12.4. The van der Waals surface area contributed by atoms with Gasteiger partial charge in [-0.25, -0.2) is 4.39 Å². The van der Waals surface area contributed by atoms with Gasteiger partial charge in [0.15, 0.2) is 0 Å². The Labute approximate surface area is 104 Å². The molecule has 3 nitrogen and oxygen atoms in total. The van der Waals surface area contributed by atoms with Gasteiger partial charge in [0.25, 0.3) is 0 Å². The normalized spacial score (nSPS) is 19.8. The van der Waals surface area contributed by atoms with Gasteiger partial charge < -0.3 is 4.74 Å². The quantitative estimate of drug-likeness (QED) is 0.778. The Morgan fingerprint density at radius 1 is 1.59 bits per heavy atom. The van der Waals surface area contributed by atoms with Gasteiger partial charge >= 0.3 is 5.97 Å². The van der Waals surface area contributed by atoms with Gasteiger partial charge in [0.05, 0.1) is 6.61 Å². The first-order valence-corrected chi connectivity index (χ1v) is 5.77. The monoisotopic (exact) mass is 257 g/mol. The van der Waals surface area contributed by atoms with Crippen molar-refractivity contribution in [1.29, 1.82) is 0 Å². The highest BCUT2D eigenvalue weighted by Crippen LogP contribution is 2.22. The third kappa shape index (κ3) is 2.58. The summed E-state index contributed by atoms with van der Waals surface area (Å²) in [6, 6.07) is 4.26. The lowest BCUT2D eigenvalue weighted by Gasteiger charge is -2.21. The Morgan fingerprint density at radius 2 is 2.35 bits per heavy atom. The molecule has 0 radical (unpaired) electrons. The Balaban J connectivity index is 2.12. The molecule has 1 saturated heterocycles. The first-order valence-electron chi connectivity index (χ1n) is 5.39. The lowest BCUT2D eigenvalue weighted by molar-refractivity contribution is -0.142. The number of halogens is 2. The molecule has 17 heavy (non-hydrogen) atoms. The number of hydrogen-bond acceptors (Lipinski definition) is 3. The highest BCUT2D eigenvalue weighted by molar-refractivity contribution is 6.31. The van der Waals surface area contributed by atoms with Gasteiger partial charge in [0, 0.05) is 23.6 Å². The van der Waals surface area contributed by atoms with Crippen LogP contribution in [0.3, 0.4) is 0 Å². The number of carbonyl (C=O) groups excluding carboxylic acids is 1. The van der Waals surface area contributed by atoms with Gasteiger partial charge in [0.2, 0.25) is 0 Å². The molecule has 1 aromatic carbocycles. The number of rotatable bonds is 3. The van der Waals surface area contributed by atoms with Crippen LogP contribution in [0.25, 0.3) is 0 Å². The molecule has 0 spiro atoms. The summed E-state index contributed by atoms with van der Waals surface area (Å²) in [6.45, 7) is 0.726. The molecule has 1 atom stereocenters. The fraction of sp³-hybridized carbons (Fsp3) is 0.417. The molecule has 0 N–H and O–H groups in total. The zero-order valence-corrected chi connectivity index (χ0v) is 10.2. The molecule has 0 unspecified atom stereocenters. The molecule has 0 bridgehead atoms. The van der Waals surface area contributed by atoms with Crippen LogP contribution in [-0.2, 0) is 16.1 Å². The van der Waals surface area contributed by atoms with E-state index in [0.717, 1.165) is 0 Å². The van der Waals surface area contributed by atoms with E-state index in [4.69, 9.17) is 16.3 Å². The minimum Gasteiger partial charge on any atom is -0.464 e. The maximum atomic E-state index is 13.6. The van der Waals surface area contributed by atoms with Crippen molar-refractivity contribution in [2.75, 3.05) is 13.7 Å². The number of hydrogen-bond donors (Lipinski definition) is 0. The first-order chi connectivity index (χ1) is 8.09. The van der Waals surface area contributed by atoms with E-state index in [2.05, 4.69) is 0 Å². The van der Waals surface area contributed by atoms with E-state index < -0.39 is 0 Å². The largest absolute Gasteiger partial charge is 0.464 e. The lowest BCUT2D eigenvalue weighted by atomic mass is 10.1. The fourth-order valence-electron chi connectivity index (χ4n) is 1.93. The summed E-state index contributed by atoms with van der Waals surface area (Å²) in [6.07, 6.45) is 0.640. The maximum absolute atomic E-state index is 13.6. The third-order valence-corrected chi connectivity index (χ3v) is 3.26. The van der Waals surface area contributed by atoms with Crippen molar-refractivity contribution in [3.05, 3.63) is 34.6 Å². The van der Waals surface area contributed by atoms with E-state index in [1.165, 1.54) is 6.07 Å². The number of esters is 1. The predicted octanol–water partition coefficient (Wildman–Crippen LogP) is 2.23. The Morgan fingerprint density at radius 3 is 2.94 bits per heavy atom. The number of cyclic esters (lactones) is 1. The zero-order valence-electron chi connectivity index (χ0n) is 9.45. The second-order valence-corrected chi connectivity index (χ2v) is 4.49. The molecule has 0 aliphatic carbocycles. The fourth-order valence-corrected chi connectivity index (χ4v) is 2.15. The van der Waals surface area contributed by atoms with Gasteiger partial charge in [-0.05, 0) is 19.2 Å². The summed E-state index contributed by atoms with van der Waals surface area (Å²) in [4.78, 5) is 13.1. The summed E-state index contributed by atoms with van der Waals surface area (Å²) >= 11 is 5.93.